The summed E-state index contributed by atoms with van der Waals surface area (Å²) >= 11 is 0. The molecule has 1 heterocycles. The Morgan fingerprint density at radius 2 is 2.10 bits per heavy atom. The number of carbonyl (C=O) groups is 1. The van der Waals surface area contributed by atoms with E-state index in [0.29, 0.717) is 5.92 Å². The highest BCUT2D eigenvalue weighted by atomic mass is 16.1. The van der Waals surface area contributed by atoms with Crippen LogP contribution in [0.3, 0.4) is 0 Å². The van der Waals surface area contributed by atoms with Gasteiger partial charge in [0.25, 0.3) is 5.91 Å². The second-order valence-corrected chi connectivity index (χ2v) is 6.15. The zero-order chi connectivity index (χ0) is 14.2. The van der Waals surface area contributed by atoms with Crippen molar-refractivity contribution >= 4 is 5.91 Å². The second kappa shape index (κ2) is 5.02. The number of H-pyrrole nitrogens is 1. The van der Waals surface area contributed by atoms with Crippen LogP contribution in [0.1, 0.15) is 52.4 Å². The van der Waals surface area contributed by atoms with Gasteiger partial charge in [-0.2, -0.15) is 5.10 Å². The van der Waals surface area contributed by atoms with Gasteiger partial charge in [0.05, 0.1) is 6.20 Å². The van der Waals surface area contributed by atoms with Gasteiger partial charge in [0.2, 0.25) is 0 Å². The van der Waals surface area contributed by atoms with Gasteiger partial charge in [-0.3, -0.25) is 9.89 Å². The van der Waals surface area contributed by atoms with E-state index >= 15 is 0 Å². The molecule has 1 amide bonds. The number of nitrogens with one attached hydrogen (secondary N) is 2. The Hall–Kier alpha value is -2.10. The molecule has 2 aliphatic rings. The molecule has 0 spiro atoms. The maximum Gasteiger partial charge on any atom is 0.251 e. The highest BCUT2D eigenvalue weighted by molar-refractivity contribution is 5.96. The van der Waals surface area contributed by atoms with Gasteiger partial charge in [0, 0.05) is 17.3 Å². The lowest BCUT2D eigenvalue weighted by Gasteiger charge is -2.23. The van der Waals surface area contributed by atoms with Gasteiger partial charge in [-0.25, -0.2) is 0 Å². The number of rotatable bonds is 3. The van der Waals surface area contributed by atoms with E-state index in [1.54, 1.807) is 0 Å². The molecular weight excluding hydrogens is 262 g/mol. The molecule has 21 heavy (non-hydrogen) atoms. The third kappa shape index (κ3) is 2.46. The molecule has 1 saturated carbocycles. The first-order valence-corrected chi connectivity index (χ1v) is 7.72. The van der Waals surface area contributed by atoms with Crippen molar-refractivity contribution in [1.29, 1.82) is 0 Å². The van der Waals surface area contributed by atoms with E-state index in [1.165, 1.54) is 29.7 Å². The lowest BCUT2D eigenvalue weighted by atomic mass is 9.93. The van der Waals surface area contributed by atoms with Crippen molar-refractivity contribution in [3.05, 3.63) is 52.8 Å². The zero-order valence-corrected chi connectivity index (χ0v) is 11.9. The fourth-order valence-electron chi connectivity index (χ4n) is 3.26. The van der Waals surface area contributed by atoms with E-state index in [0.717, 1.165) is 24.8 Å². The Kier molecular flexibility index (Phi) is 3.02. The van der Waals surface area contributed by atoms with Crippen LogP contribution in [-0.2, 0) is 12.8 Å². The molecule has 0 bridgehead atoms. The molecule has 1 fully saturated rings. The van der Waals surface area contributed by atoms with Gasteiger partial charge in [-0.15, -0.1) is 0 Å². The Morgan fingerprint density at radius 3 is 2.95 bits per heavy atom. The summed E-state index contributed by atoms with van der Waals surface area (Å²) in [5.74, 6) is 0.674. The molecule has 2 aromatic rings. The number of aryl methyl sites for hydroxylation is 1. The van der Waals surface area contributed by atoms with Crippen LogP contribution in [0.2, 0.25) is 0 Å². The minimum absolute atomic E-state index is 0.0782. The zero-order valence-electron chi connectivity index (χ0n) is 11.9. The molecule has 4 nitrogen and oxygen atoms in total. The fourth-order valence-corrected chi connectivity index (χ4v) is 3.26. The number of hydrogen-bond acceptors (Lipinski definition) is 2. The summed E-state index contributed by atoms with van der Waals surface area (Å²) in [4.78, 5) is 12.6. The minimum Gasteiger partial charge on any atom is -0.349 e. The number of fused-ring (bicyclic) bond motifs is 1. The minimum atomic E-state index is 0.0782. The van der Waals surface area contributed by atoms with Gasteiger partial charge in [-0.05, 0) is 55.2 Å². The van der Waals surface area contributed by atoms with Crippen LogP contribution in [0.5, 0.6) is 0 Å². The normalized spacial score (nSPS) is 20.9. The smallest absolute Gasteiger partial charge is 0.251 e. The van der Waals surface area contributed by atoms with Crippen LogP contribution in [0.25, 0.3) is 0 Å². The average Bonchev–Trinajstić information content (AvgIpc) is 3.25. The molecule has 1 unspecified atom stereocenters. The van der Waals surface area contributed by atoms with Crippen LogP contribution in [0.15, 0.2) is 30.5 Å². The number of aromatic nitrogens is 2. The van der Waals surface area contributed by atoms with E-state index in [9.17, 15) is 4.79 Å². The molecule has 4 heteroatoms. The number of aromatic amines is 1. The van der Waals surface area contributed by atoms with Crippen LogP contribution < -0.4 is 5.32 Å². The third-order valence-corrected chi connectivity index (χ3v) is 4.57. The molecule has 2 aliphatic carbocycles. The summed E-state index contributed by atoms with van der Waals surface area (Å²) in [7, 11) is 0. The van der Waals surface area contributed by atoms with Crippen molar-refractivity contribution in [2.24, 2.45) is 0 Å². The van der Waals surface area contributed by atoms with Crippen LogP contribution in [-0.4, -0.2) is 22.1 Å². The standard InChI is InChI=1S/C17H19N3O/c21-17(15-4-2-1-3-14(15)11-5-6-11)19-13-7-8-16-12(9-13)10-18-20-16/h1-4,10-11,13H,5-9H2,(H,18,20)(H,19,21). The first kappa shape index (κ1) is 12.6. The fraction of sp³-hybridized carbons (Fsp3) is 0.412. The van der Waals surface area contributed by atoms with Crippen molar-refractivity contribution in [2.45, 2.75) is 44.1 Å². The van der Waals surface area contributed by atoms with Crippen molar-refractivity contribution in [3.63, 3.8) is 0 Å². The summed E-state index contributed by atoms with van der Waals surface area (Å²) in [6, 6.07) is 8.25. The summed E-state index contributed by atoms with van der Waals surface area (Å²) < 4.78 is 0. The van der Waals surface area contributed by atoms with E-state index in [2.05, 4.69) is 21.6 Å². The largest absolute Gasteiger partial charge is 0.349 e. The molecule has 0 aliphatic heterocycles. The van der Waals surface area contributed by atoms with Crippen LogP contribution in [0.4, 0.5) is 0 Å². The number of nitrogens with zero attached hydrogens (tertiary/aromatic N) is 1. The van der Waals surface area contributed by atoms with Crippen molar-refractivity contribution in [2.75, 3.05) is 0 Å². The molecule has 0 saturated heterocycles. The molecule has 108 valence electrons. The topological polar surface area (TPSA) is 57.8 Å². The summed E-state index contributed by atoms with van der Waals surface area (Å²) in [5, 5.41) is 10.3. The van der Waals surface area contributed by atoms with Crippen molar-refractivity contribution < 1.29 is 4.79 Å². The maximum atomic E-state index is 12.6. The van der Waals surface area contributed by atoms with Gasteiger partial charge in [-0.1, -0.05) is 18.2 Å². The Bertz CT molecular complexity index is 672. The molecule has 0 radical (unpaired) electrons. The lowest BCUT2D eigenvalue weighted by molar-refractivity contribution is 0.0932. The molecular formula is C17H19N3O. The second-order valence-electron chi connectivity index (χ2n) is 6.15. The number of benzene rings is 1. The first-order valence-electron chi connectivity index (χ1n) is 7.72. The third-order valence-electron chi connectivity index (χ3n) is 4.57. The van der Waals surface area contributed by atoms with E-state index in [-0.39, 0.29) is 11.9 Å². The van der Waals surface area contributed by atoms with Crippen molar-refractivity contribution in [1.82, 2.24) is 15.5 Å². The molecule has 1 atom stereocenters. The summed E-state index contributed by atoms with van der Waals surface area (Å²) in [6.45, 7) is 0. The first-order chi connectivity index (χ1) is 10.3. The van der Waals surface area contributed by atoms with Gasteiger partial charge < -0.3 is 5.32 Å². The average molecular weight is 281 g/mol. The lowest BCUT2D eigenvalue weighted by Crippen LogP contribution is -2.39. The number of amides is 1. The molecule has 4 rings (SSSR count). The van der Waals surface area contributed by atoms with Gasteiger partial charge in [0.1, 0.15) is 0 Å². The number of hydrogen-bond donors (Lipinski definition) is 2. The Morgan fingerprint density at radius 1 is 1.24 bits per heavy atom. The Balaban J connectivity index is 1.49. The van der Waals surface area contributed by atoms with Gasteiger partial charge in [0.15, 0.2) is 0 Å². The summed E-state index contributed by atoms with van der Waals surface area (Å²) in [6.07, 6.45) is 7.13. The number of carbonyl (C=O) groups excluding carboxylic acids is 1. The van der Waals surface area contributed by atoms with E-state index < -0.39 is 0 Å². The highest BCUT2D eigenvalue weighted by Crippen LogP contribution is 2.41. The SMILES string of the molecule is O=C(NC1CCc2[nH]ncc2C1)c1ccccc1C1CC1. The van der Waals surface area contributed by atoms with Crippen LogP contribution in [0, 0.1) is 0 Å². The van der Waals surface area contributed by atoms with Crippen molar-refractivity contribution in [3.8, 4) is 0 Å². The van der Waals surface area contributed by atoms with E-state index in [4.69, 9.17) is 0 Å². The maximum absolute atomic E-state index is 12.6. The molecule has 2 N–H and O–H groups in total. The van der Waals surface area contributed by atoms with Crippen LogP contribution >= 0.6 is 0 Å². The monoisotopic (exact) mass is 281 g/mol. The van der Waals surface area contributed by atoms with Gasteiger partial charge >= 0.3 is 0 Å². The predicted molar refractivity (Wildman–Crippen MR) is 80.3 cm³/mol. The highest BCUT2D eigenvalue weighted by Gasteiger charge is 2.29. The molecule has 1 aromatic carbocycles. The molecule has 1 aromatic heterocycles. The Labute approximate surface area is 124 Å². The predicted octanol–water partition coefficient (Wildman–Crippen LogP) is 2.57. The van der Waals surface area contributed by atoms with E-state index in [1.807, 2.05) is 24.4 Å². The summed E-state index contributed by atoms with van der Waals surface area (Å²) in [5.41, 5.74) is 4.54. The quantitative estimate of drug-likeness (QED) is 0.908.